The van der Waals surface area contributed by atoms with E-state index in [0.29, 0.717) is 6.04 Å². The molecule has 2 fully saturated rings. The molecule has 1 heterocycles. The highest BCUT2D eigenvalue weighted by Crippen LogP contribution is 2.31. The summed E-state index contributed by atoms with van der Waals surface area (Å²) in [6.45, 7) is 3.51. The van der Waals surface area contributed by atoms with Gasteiger partial charge < -0.3 is 10.2 Å². The van der Waals surface area contributed by atoms with Crippen LogP contribution in [-0.2, 0) is 0 Å². The first-order valence-electron chi connectivity index (χ1n) is 7.27. The number of nitrogens with one attached hydrogen (secondary N) is 1. The van der Waals surface area contributed by atoms with Gasteiger partial charge in [-0.2, -0.15) is 0 Å². The summed E-state index contributed by atoms with van der Waals surface area (Å²) in [6.07, 6.45) is 7.22. The van der Waals surface area contributed by atoms with Crippen molar-refractivity contribution in [1.29, 1.82) is 0 Å². The van der Waals surface area contributed by atoms with Gasteiger partial charge in [0, 0.05) is 31.7 Å². The number of rotatable bonds is 3. The zero-order valence-electron chi connectivity index (χ0n) is 11.8. The quantitative estimate of drug-likeness (QED) is 0.803. The average Bonchev–Trinajstić information content (AvgIpc) is 2.33. The van der Waals surface area contributed by atoms with Crippen LogP contribution in [0.5, 0.6) is 0 Å². The number of piperazine rings is 1. The van der Waals surface area contributed by atoms with Crippen LogP contribution >= 0.6 is 0 Å². The van der Waals surface area contributed by atoms with Crippen LogP contribution in [0.4, 0.5) is 0 Å². The van der Waals surface area contributed by atoms with Gasteiger partial charge in [0.1, 0.15) is 0 Å². The lowest BCUT2D eigenvalue weighted by Crippen LogP contribution is -2.60. The molecule has 3 heteroatoms. The van der Waals surface area contributed by atoms with E-state index < -0.39 is 0 Å². The third-order valence-electron chi connectivity index (χ3n) is 4.68. The van der Waals surface area contributed by atoms with E-state index in [1.807, 2.05) is 0 Å². The van der Waals surface area contributed by atoms with E-state index >= 15 is 0 Å². The second-order valence-corrected chi connectivity index (χ2v) is 6.10. The van der Waals surface area contributed by atoms with Gasteiger partial charge in [0.05, 0.1) is 0 Å². The molecule has 0 bridgehead atoms. The van der Waals surface area contributed by atoms with Gasteiger partial charge in [0.2, 0.25) is 0 Å². The van der Waals surface area contributed by atoms with Gasteiger partial charge in [-0.25, -0.2) is 0 Å². The van der Waals surface area contributed by atoms with E-state index in [-0.39, 0.29) is 0 Å². The molecule has 1 saturated carbocycles. The van der Waals surface area contributed by atoms with E-state index in [1.165, 1.54) is 38.6 Å². The summed E-state index contributed by atoms with van der Waals surface area (Å²) in [6, 6.07) is 1.43. The molecular formula is C14H29N3. The normalized spacial score (nSPS) is 30.7. The van der Waals surface area contributed by atoms with Crippen LogP contribution < -0.4 is 5.32 Å². The third kappa shape index (κ3) is 3.21. The van der Waals surface area contributed by atoms with Crippen LogP contribution in [0.2, 0.25) is 0 Å². The van der Waals surface area contributed by atoms with Gasteiger partial charge in [-0.3, -0.25) is 4.90 Å². The van der Waals surface area contributed by atoms with Crippen LogP contribution in [0, 0.1) is 5.92 Å². The molecule has 0 aromatic rings. The molecule has 0 amide bonds. The Labute approximate surface area is 107 Å². The zero-order chi connectivity index (χ0) is 12.3. The van der Waals surface area contributed by atoms with Crippen molar-refractivity contribution >= 4 is 0 Å². The monoisotopic (exact) mass is 239 g/mol. The molecule has 2 unspecified atom stereocenters. The standard InChI is InChI=1S/C14H29N3/c1-16(2)14(12-7-5-4-6-8-12)13-11-15-9-10-17(13)3/h12-15H,4-11H2,1-3H3. The molecule has 100 valence electrons. The molecule has 3 nitrogen and oxygen atoms in total. The summed E-state index contributed by atoms with van der Waals surface area (Å²) < 4.78 is 0. The van der Waals surface area contributed by atoms with Crippen molar-refractivity contribution in [1.82, 2.24) is 15.1 Å². The van der Waals surface area contributed by atoms with Crippen LogP contribution in [0.3, 0.4) is 0 Å². The first kappa shape index (κ1) is 13.3. The maximum atomic E-state index is 3.57. The van der Waals surface area contributed by atoms with E-state index in [2.05, 4.69) is 36.3 Å². The van der Waals surface area contributed by atoms with Gasteiger partial charge in [0.15, 0.2) is 0 Å². The summed E-state index contributed by atoms with van der Waals surface area (Å²) in [5, 5.41) is 3.57. The van der Waals surface area contributed by atoms with Gasteiger partial charge in [-0.1, -0.05) is 19.3 Å². The van der Waals surface area contributed by atoms with Gasteiger partial charge in [-0.05, 0) is 39.9 Å². The van der Waals surface area contributed by atoms with Crippen molar-refractivity contribution in [2.45, 2.75) is 44.2 Å². The lowest BCUT2D eigenvalue weighted by molar-refractivity contribution is 0.0572. The zero-order valence-corrected chi connectivity index (χ0v) is 11.8. The van der Waals surface area contributed by atoms with Gasteiger partial charge in [0.25, 0.3) is 0 Å². The lowest BCUT2D eigenvalue weighted by atomic mass is 9.79. The van der Waals surface area contributed by atoms with Crippen LogP contribution in [-0.4, -0.2) is 62.7 Å². The minimum Gasteiger partial charge on any atom is -0.314 e. The Hall–Kier alpha value is -0.120. The Morgan fingerprint density at radius 1 is 1.18 bits per heavy atom. The number of likely N-dealkylation sites (N-methyl/N-ethyl adjacent to an activating group) is 2. The number of nitrogens with zero attached hydrogens (tertiary/aromatic N) is 2. The number of hydrogen-bond acceptors (Lipinski definition) is 3. The molecule has 1 aliphatic carbocycles. The molecule has 2 aliphatic rings. The third-order valence-corrected chi connectivity index (χ3v) is 4.68. The van der Waals surface area contributed by atoms with Crippen LogP contribution in [0.25, 0.3) is 0 Å². The Morgan fingerprint density at radius 3 is 2.47 bits per heavy atom. The molecule has 2 atom stereocenters. The molecule has 2 rings (SSSR count). The molecule has 0 spiro atoms. The predicted octanol–water partition coefficient (Wildman–Crippen LogP) is 1.40. The minimum atomic E-state index is 0.696. The number of hydrogen-bond donors (Lipinski definition) is 1. The molecule has 1 aliphatic heterocycles. The van der Waals surface area contributed by atoms with Crippen molar-refractivity contribution in [3.63, 3.8) is 0 Å². The Bertz CT molecular complexity index is 224. The minimum absolute atomic E-state index is 0.696. The van der Waals surface area contributed by atoms with E-state index in [1.54, 1.807) is 0 Å². The molecular weight excluding hydrogens is 210 g/mol. The van der Waals surface area contributed by atoms with Crippen LogP contribution in [0.1, 0.15) is 32.1 Å². The summed E-state index contributed by atoms with van der Waals surface area (Å²) in [5.74, 6) is 0.908. The summed E-state index contributed by atoms with van der Waals surface area (Å²) >= 11 is 0. The molecule has 0 aromatic carbocycles. The Morgan fingerprint density at radius 2 is 1.88 bits per heavy atom. The van der Waals surface area contributed by atoms with Crippen molar-refractivity contribution in [2.75, 3.05) is 40.8 Å². The van der Waals surface area contributed by atoms with E-state index in [4.69, 9.17) is 0 Å². The molecule has 0 aromatic heterocycles. The van der Waals surface area contributed by atoms with Crippen molar-refractivity contribution in [2.24, 2.45) is 5.92 Å². The van der Waals surface area contributed by atoms with Crippen molar-refractivity contribution in [3.05, 3.63) is 0 Å². The molecule has 1 N–H and O–H groups in total. The highest BCUT2D eigenvalue weighted by Gasteiger charge is 2.35. The summed E-state index contributed by atoms with van der Waals surface area (Å²) in [7, 11) is 6.83. The van der Waals surface area contributed by atoms with Gasteiger partial charge >= 0.3 is 0 Å². The van der Waals surface area contributed by atoms with Crippen molar-refractivity contribution in [3.8, 4) is 0 Å². The fourth-order valence-corrected chi connectivity index (χ4v) is 3.76. The van der Waals surface area contributed by atoms with E-state index in [0.717, 1.165) is 25.0 Å². The first-order valence-corrected chi connectivity index (χ1v) is 7.27. The fourth-order valence-electron chi connectivity index (χ4n) is 3.76. The maximum Gasteiger partial charge on any atom is 0.0376 e. The first-order chi connectivity index (χ1) is 8.20. The lowest BCUT2D eigenvalue weighted by Gasteiger charge is -2.45. The largest absolute Gasteiger partial charge is 0.314 e. The second-order valence-electron chi connectivity index (χ2n) is 6.10. The summed E-state index contributed by atoms with van der Waals surface area (Å²) in [5.41, 5.74) is 0. The average molecular weight is 239 g/mol. The summed E-state index contributed by atoms with van der Waals surface area (Å²) in [4.78, 5) is 5.04. The highest BCUT2D eigenvalue weighted by atomic mass is 15.3. The Kier molecular flexibility index (Phi) is 4.83. The molecule has 17 heavy (non-hydrogen) atoms. The SMILES string of the molecule is CN(C)C(C1CCCCC1)C1CNCCN1C. The molecule has 1 saturated heterocycles. The molecule has 0 radical (unpaired) electrons. The van der Waals surface area contributed by atoms with E-state index in [9.17, 15) is 0 Å². The predicted molar refractivity (Wildman–Crippen MR) is 73.3 cm³/mol. The smallest absolute Gasteiger partial charge is 0.0376 e. The second kappa shape index (κ2) is 6.17. The maximum absolute atomic E-state index is 3.57. The van der Waals surface area contributed by atoms with Gasteiger partial charge in [-0.15, -0.1) is 0 Å². The fraction of sp³-hybridized carbons (Fsp3) is 1.00. The van der Waals surface area contributed by atoms with Crippen molar-refractivity contribution < 1.29 is 0 Å². The highest BCUT2D eigenvalue weighted by molar-refractivity contribution is 4.93. The Balaban J connectivity index is 2.04. The van der Waals surface area contributed by atoms with Crippen LogP contribution in [0.15, 0.2) is 0 Å². The topological polar surface area (TPSA) is 18.5 Å².